The summed E-state index contributed by atoms with van der Waals surface area (Å²) in [5.41, 5.74) is 5.89. The average molecular weight is 281 g/mol. The number of primary amides is 1. The van der Waals surface area contributed by atoms with Gasteiger partial charge >= 0.3 is 0 Å². The van der Waals surface area contributed by atoms with E-state index in [0.29, 0.717) is 5.57 Å². The minimum absolute atomic E-state index is 0.290. The van der Waals surface area contributed by atoms with Gasteiger partial charge in [0.05, 0.1) is 0 Å². The summed E-state index contributed by atoms with van der Waals surface area (Å²) >= 11 is 0. The standard InChI is InChI=1S/C18H35NO/c1-4-5-6-7-8-10-13-16(2)14-11-9-12-15-17(3)18(19)20/h15-16H,4-14H2,1-3H3,(H2,19,20)/b17-15+. The molecule has 0 aliphatic carbocycles. The lowest BCUT2D eigenvalue weighted by Crippen LogP contribution is -2.11. The van der Waals surface area contributed by atoms with E-state index in [1.54, 1.807) is 6.92 Å². The molecule has 0 saturated heterocycles. The Morgan fingerprint density at radius 2 is 1.55 bits per heavy atom. The fourth-order valence-corrected chi connectivity index (χ4v) is 2.47. The third-order valence-electron chi connectivity index (χ3n) is 4.04. The van der Waals surface area contributed by atoms with Gasteiger partial charge in [-0.3, -0.25) is 4.79 Å². The van der Waals surface area contributed by atoms with Gasteiger partial charge in [-0.1, -0.05) is 77.7 Å². The highest BCUT2D eigenvalue weighted by molar-refractivity contribution is 5.91. The van der Waals surface area contributed by atoms with Gasteiger partial charge in [0, 0.05) is 5.57 Å². The first-order valence-corrected chi connectivity index (χ1v) is 8.54. The monoisotopic (exact) mass is 281 g/mol. The zero-order valence-electron chi connectivity index (χ0n) is 13.9. The molecule has 1 amide bonds. The third-order valence-corrected chi connectivity index (χ3v) is 4.04. The average Bonchev–Trinajstić information content (AvgIpc) is 2.41. The lowest BCUT2D eigenvalue weighted by Gasteiger charge is -2.10. The molecule has 2 heteroatoms. The topological polar surface area (TPSA) is 43.1 Å². The molecule has 118 valence electrons. The van der Waals surface area contributed by atoms with E-state index >= 15 is 0 Å². The van der Waals surface area contributed by atoms with E-state index in [2.05, 4.69) is 13.8 Å². The van der Waals surface area contributed by atoms with Gasteiger partial charge in [0.15, 0.2) is 0 Å². The number of nitrogens with two attached hydrogens (primary N) is 1. The molecule has 0 fully saturated rings. The summed E-state index contributed by atoms with van der Waals surface area (Å²) in [7, 11) is 0. The first-order valence-electron chi connectivity index (χ1n) is 8.54. The van der Waals surface area contributed by atoms with Crippen molar-refractivity contribution in [3.8, 4) is 0 Å². The lowest BCUT2D eigenvalue weighted by atomic mass is 9.96. The van der Waals surface area contributed by atoms with E-state index in [-0.39, 0.29) is 5.91 Å². The molecule has 2 N–H and O–H groups in total. The number of amides is 1. The number of rotatable bonds is 13. The van der Waals surface area contributed by atoms with Crippen LogP contribution in [0.15, 0.2) is 11.6 Å². The highest BCUT2D eigenvalue weighted by Gasteiger charge is 2.02. The largest absolute Gasteiger partial charge is 0.366 e. The van der Waals surface area contributed by atoms with Crippen molar-refractivity contribution in [1.82, 2.24) is 0 Å². The molecule has 1 unspecified atom stereocenters. The minimum atomic E-state index is -0.290. The Morgan fingerprint density at radius 3 is 2.15 bits per heavy atom. The van der Waals surface area contributed by atoms with Crippen LogP contribution < -0.4 is 5.73 Å². The minimum Gasteiger partial charge on any atom is -0.366 e. The van der Waals surface area contributed by atoms with Crippen LogP contribution in [-0.2, 0) is 4.79 Å². The normalized spacial score (nSPS) is 13.4. The molecule has 0 spiro atoms. The van der Waals surface area contributed by atoms with Crippen molar-refractivity contribution in [2.24, 2.45) is 11.7 Å². The fourth-order valence-electron chi connectivity index (χ4n) is 2.47. The van der Waals surface area contributed by atoms with E-state index in [0.717, 1.165) is 12.3 Å². The van der Waals surface area contributed by atoms with Crippen molar-refractivity contribution in [3.05, 3.63) is 11.6 Å². The van der Waals surface area contributed by atoms with E-state index in [4.69, 9.17) is 5.73 Å². The van der Waals surface area contributed by atoms with Crippen LogP contribution in [0.1, 0.15) is 91.4 Å². The Balaban J connectivity index is 3.39. The molecule has 0 aliphatic heterocycles. The maximum absolute atomic E-state index is 10.8. The summed E-state index contributed by atoms with van der Waals surface area (Å²) in [5, 5.41) is 0. The van der Waals surface area contributed by atoms with Crippen molar-refractivity contribution in [1.29, 1.82) is 0 Å². The van der Waals surface area contributed by atoms with Gasteiger partial charge in [-0.05, 0) is 25.7 Å². The fraction of sp³-hybridized carbons (Fsp3) is 0.833. The Labute approximate surface area is 126 Å². The molecule has 0 saturated carbocycles. The Morgan fingerprint density at radius 1 is 1.00 bits per heavy atom. The van der Waals surface area contributed by atoms with Gasteiger partial charge in [0.25, 0.3) is 0 Å². The van der Waals surface area contributed by atoms with Crippen molar-refractivity contribution >= 4 is 5.91 Å². The van der Waals surface area contributed by atoms with E-state index < -0.39 is 0 Å². The summed E-state index contributed by atoms with van der Waals surface area (Å²) < 4.78 is 0. The van der Waals surface area contributed by atoms with Gasteiger partial charge in [-0.2, -0.15) is 0 Å². The molecule has 20 heavy (non-hydrogen) atoms. The number of hydrogen-bond donors (Lipinski definition) is 1. The number of carbonyl (C=O) groups excluding carboxylic acids is 1. The van der Waals surface area contributed by atoms with E-state index in [1.807, 2.05) is 6.08 Å². The summed E-state index contributed by atoms with van der Waals surface area (Å²) in [6, 6.07) is 0. The van der Waals surface area contributed by atoms with Crippen molar-refractivity contribution in [3.63, 3.8) is 0 Å². The first-order chi connectivity index (χ1) is 9.57. The molecule has 0 aromatic rings. The second-order valence-electron chi connectivity index (χ2n) is 6.20. The summed E-state index contributed by atoms with van der Waals surface area (Å²) in [5.74, 6) is 0.559. The Hall–Kier alpha value is -0.790. The third kappa shape index (κ3) is 12.3. The van der Waals surface area contributed by atoms with Gasteiger partial charge in [0.2, 0.25) is 5.91 Å². The van der Waals surface area contributed by atoms with Crippen LogP contribution in [-0.4, -0.2) is 5.91 Å². The lowest BCUT2D eigenvalue weighted by molar-refractivity contribution is -0.114. The predicted molar refractivity (Wildman–Crippen MR) is 88.6 cm³/mol. The molecule has 0 bridgehead atoms. The van der Waals surface area contributed by atoms with Crippen LogP contribution in [0.25, 0.3) is 0 Å². The van der Waals surface area contributed by atoms with Gasteiger partial charge in [0.1, 0.15) is 0 Å². The zero-order chi connectivity index (χ0) is 15.2. The maximum atomic E-state index is 10.8. The Bertz CT molecular complexity index is 271. The highest BCUT2D eigenvalue weighted by Crippen LogP contribution is 2.17. The molecular formula is C18H35NO. The summed E-state index contributed by atoms with van der Waals surface area (Å²) in [6.45, 7) is 6.43. The van der Waals surface area contributed by atoms with Gasteiger partial charge < -0.3 is 5.73 Å². The van der Waals surface area contributed by atoms with Crippen LogP contribution in [0.3, 0.4) is 0 Å². The molecule has 2 nitrogen and oxygen atoms in total. The van der Waals surface area contributed by atoms with Crippen LogP contribution in [0.5, 0.6) is 0 Å². The van der Waals surface area contributed by atoms with Gasteiger partial charge in [-0.15, -0.1) is 0 Å². The number of unbranched alkanes of at least 4 members (excludes halogenated alkanes) is 7. The van der Waals surface area contributed by atoms with Crippen LogP contribution in [0.2, 0.25) is 0 Å². The van der Waals surface area contributed by atoms with E-state index in [1.165, 1.54) is 64.2 Å². The number of hydrogen-bond acceptors (Lipinski definition) is 1. The Kier molecular flexibility index (Phi) is 12.7. The molecule has 0 aromatic carbocycles. The second-order valence-corrected chi connectivity index (χ2v) is 6.20. The molecule has 0 radical (unpaired) electrons. The summed E-state index contributed by atoms with van der Waals surface area (Å²) in [6.07, 6.45) is 16.4. The van der Waals surface area contributed by atoms with Crippen LogP contribution in [0.4, 0.5) is 0 Å². The molecule has 0 heterocycles. The quantitative estimate of drug-likeness (QED) is 0.358. The zero-order valence-corrected chi connectivity index (χ0v) is 13.9. The van der Waals surface area contributed by atoms with Crippen LogP contribution in [0, 0.1) is 5.92 Å². The predicted octanol–water partition coefficient (Wildman–Crippen LogP) is 5.37. The first kappa shape index (κ1) is 19.2. The highest BCUT2D eigenvalue weighted by atomic mass is 16.1. The van der Waals surface area contributed by atoms with Gasteiger partial charge in [-0.25, -0.2) is 0 Å². The summed E-state index contributed by atoms with van der Waals surface area (Å²) in [4.78, 5) is 10.8. The molecule has 1 atom stereocenters. The molecule has 0 aliphatic rings. The molecule has 0 aromatic heterocycles. The smallest absolute Gasteiger partial charge is 0.244 e. The van der Waals surface area contributed by atoms with E-state index in [9.17, 15) is 4.79 Å². The second kappa shape index (κ2) is 13.2. The number of carbonyl (C=O) groups is 1. The molecular weight excluding hydrogens is 246 g/mol. The number of allylic oxidation sites excluding steroid dienone is 1. The molecule has 0 rings (SSSR count). The van der Waals surface area contributed by atoms with Crippen molar-refractivity contribution in [2.45, 2.75) is 91.4 Å². The SMILES string of the molecule is CCCCCCCCC(C)CCCC/C=C(\C)C(N)=O. The van der Waals surface area contributed by atoms with Crippen molar-refractivity contribution < 1.29 is 4.79 Å². The van der Waals surface area contributed by atoms with Crippen LogP contribution >= 0.6 is 0 Å². The van der Waals surface area contributed by atoms with Crippen molar-refractivity contribution in [2.75, 3.05) is 0 Å². The maximum Gasteiger partial charge on any atom is 0.244 e.